The summed E-state index contributed by atoms with van der Waals surface area (Å²) in [4.78, 5) is 24.7. The van der Waals surface area contributed by atoms with E-state index in [4.69, 9.17) is 5.11 Å². The summed E-state index contributed by atoms with van der Waals surface area (Å²) in [5.74, 6) is -0.898. The molecule has 0 aliphatic rings. The zero-order valence-electron chi connectivity index (χ0n) is 12.6. The number of benzene rings is 1. The monoisotopic (exact) mass is 277 g/mol. The third-order valence-corrected chi connectivity index (χ3v) is 3.36. The van der Waals surface area contributed by atoms with E-state index in [2.05, 4.69) is 0 Å². The molecule has 0 aromatic heterocycles. The first-order valence-corrected chi connectivity index (χ1v) is 6.88. The topological polar surface area (TPSA) is 57.6 Å². The molecule has 0 saturated heterocycles. The van der Waals surface area contributed by atoms with E-state index in [-0.39, 0.29) is 24.9 Å². The normalized spacial score (nSPS) is 10.7. The van der Waals surface area contributed by atoms with Gasteiger partial charge in [-0.2, -0.15) is 0 Å². The number of hydrogen-bond donors (Lipinski definition) is 1. The Hall–Kier alpha value is -1.84. The van der Waals surface area contributed by atoms with Gasteiger partial charge in [0.2, 0.25) is 5.91 Å². The van der Waals surface area contributed by atoms with Crippen molar-refractivity contribution in [2.24, 2.45) is 0 Å². The van der Waals surface area contributed by atoms with E-state index in [1.54, 1.807) is 4.90 Å². The molecular weight excluding hydrogens is 254 g/mol. The molecule has 4 heteroatoms. The lowest BCUT2D eigenvalue weighted by molar-refractivity contribution is -0.139. The summed E-state index contributed by atoms with van der Waals surface area (Å²) in [6, 6.07) is 6.05. The van der Waals surface area contributed by atoms with Gasteiger partial charge in [-0.05, 0) is 38.8 Å². The number of carboxylic acids is 1. The Morgan fingerprint density at radius 2 is 1.90 bits per heavy atom. The van der Waals surface area contributed by atoms with Crippen LogP contribution in [-0.4, -0.2) is 34.5 Å². The number of rotatable bonds is 6. The summed E-state index contributed by atoms with van der Waals surface area (Å²) in [6.07, 6.45) is 0.308. The zero-order chi connectivity index (χ0) is 15.3. The number of carbonyl (C=O) groups is 2. The van der Waals surface area contributed by atoms with Crippen LogP contribution in [0, 0.1) is 13.8 Å². The number of hydrogen-bond acceptors (Lipinski definition) is 2. The standard InChI is InChI=1S/C16H23NO3/c1-11(2)17(8-7-16(19)20)15(18)10-14-9-12(3)5-6-13(14)4/h5-6,9,11H,7-8,10H2,1-4H3,(H,19,20). The Labute approximate surface area is 120 Å². The Balaban J connectivity index is 2.80. The Kier molecular flexibility index (Phi) is 5.74. The van der Waals surface area contributed by atoms with E-state index in [1.165, 1.54) is 0 Å². The second kappa shape index (κ2) is 7.08. The van der Waals surface area contributed by atoms with Crippen molar-refractivity contribution in [3.05, 3.63) is 34.9 Å². The maximum Gasteiger partial charge on any atom is 0.305 e. The molecule has 0 fully saturated rings. The highest BCUT2D eigenvalue weighted by molar-refractivity contribution is 5.80. The molecule has 0 unspecified atom stereocenters. The lowest BCUT2D eigenvalue weighted by Gasteiger charge is -2.26. The van der Waals surface area contributed by atoms with Gasteiger partial charge in [0, 0.05) is 12.6 Å². The smallest absolute Gasteiger partial charge is 0.305 e. The van der Waals surface area contributed by atoms with Gasteiger partial charge in [0.15, 0.2) is 0 Å². The van der Waals surface area contributed by atoms with Crippen molar-refractivity contribution in [2.45, 2.75) is 46.6 Å². The molecule has 0 aliphatic heterocycles. The van der Waals surface area contributed by atoms with Crippen molar-refractivity contribution in [3.8, 4) is 0 Å². The molecule has 0 bridgehead atoms. The molecule has 0 radical (unpaired) electrons. The van der Waals surface area contributed by atoms with E-state index >= 15 is 0 Å². The van der Waals surface area contributed by atoms with Crippen molar-refractivity contribution in [1.29, 1.82) is 0 Å². The van der Waals surface area contributed by atoms with Crippen LogP contribution in [0.2, 0.25) is 0 Å². The molecule has 0 saturated carbocycles. The number of carboxylic acid groups (broad SMARTS) is 1. The highest BCUT2D eigenvalue weighted by Gasteiger charge is 2.18. The molecule has 20 heavy (non-hydrogen) atoms. The van der Waals surface area contributed by atoms with Crippen LogP contribution in [0.3, 0.4) is 0 Å². The SMILES string of the molecule is Cc1ccc(C)c(CC(=O)N(CCC(=O)O)C(C)C)c1. The number of amides is 1. The van der Waals surface area contributed by atoms with Gasteiger partial charge < -0.3 is 10.0 Å². The van der Waals surface area contributed by atoms with Crippen LogP contribution in [0.5, 0.6) is 0 Å². The molecule has 1 amide bonds. The molecule has 0 heterocycles. The third-order valence-electron chi connectivity index (χ3n) is 3.36. The van der Waals surface area contributed by atoms with Crippen LogP contribution in [-0.2, 0) is 16.0 Å². The molecule has 110 valence electrons. The van der Waals surface area contributed by atoms with Crippen molar-refractivity contribution in [2.75, 3.05) is 6.54 Å². The Morgan fingerprint density at radius 3 is 2.45 bits per heavy atom. The molecule has 1 N–H and O–H groups in total. The van der Waals surface area contributed by atoms with Crippen LogP contribution in [0.1, 0.15) is 37.0 Å². The summed E-state index contributed by atoms with van der Waals surface area (Å²) < 4.78 is 0. The van der Waals surface area contributed by atoms with Crippen molar-refractivity contribution >= 4 is 11.9 Å². The average molecular weight is 277 g/mol. The lowest BCUT2D eigenvalue weighted by atomic mass is 10.0. The predicted octanol–water partition coefficient (Wildman–Crippen LogP) is 2.56. The van der Waals surface area contributed by atoms with Gasteiger partial charge in [-0.25, -0.2) is 0 Å². The van der Waals surface area contributed by atoms with Gasteiger partial charge in [-0.1, -0.05) is 23.8 Å². The number of aliphatic carboxylic acids is 1. The van der Waals surface area contributed by atoms with E-state index < -0.39 is 5.97 Å². The molecule has 1 aromatic carbocycles. The zero-order valence-corrected chi connectivity index (χ0v) is 12.6. The minimum absolute atomic E-state index is 0.00645. The predicted molar refractivity (Wildman–Crippen MR) is 78.7 cm³/mol. The summed E-state index contributed by atoms with van der Waals surface area (Å²) in [6.45, 7) is 8.06. The molecule has 0 aliphatic carbocycles. The fraction of sp³-hybridized carbons (Fsp3) is 0.500. The second-order valence-electron chi connectivity index (χ2n) is 5.43. The van der Waals surface area contributed by atoms with Crippen LogP contribution < -0.4 is 0 Å². The highest BCUT2D eigenvalue weighted by atomic mass is 16.4. The van der Waals surface area contributed by atoms with Crippen molar-refractivity contribution in [3.63, 3.8) is 0 Å². The van der Waals surface area contributed by atoms with Gasteiger partial charge in [-0.3, -0.25) is 9.59 Å². The average Bonchev–Trinajstić information content (AvgIpc) is 2.33. The second-order valence-corrected chi connectivity index (χ2v) is 5.43. The van der Waals surface area contributed by atoms with Gasteiger partial charge in [0.25, 0.3) is 0 Å². The highest BCUT2D eigenvalue weighted by Crippen LogP contribution is 2.13. The minimum Gasteiger partial charge on any atom is -0.481 e. The number of aryl methyl sites for hydroxylation is 2. The van der Waals surface area contributed by atoms with Crippen LogP contribution in [0.25, 0.3) is 0 Å². The first-order chi connectivity index (χ1) is 9.31. The van der Waals surface area contributed by atoms with E-state index in [0.29, 0.717) is 6.42 Å². The Morgan fingerprint density at radius 1 is 1.25 bits per heavy atom. The summed E-state index contributed by atoms with van der Waals surface area (Å²) >= 11 is 0. The van der Waals surface area contributed by atoms with Crippen molar-refractivity contribution in [1.82, 2.24) is 4.90 Å². The number of nitrogens with zero attached hydrogens (tertiary/aromatic N) is 1. The lowest BCUT2D eigenvalue weighted by Crippen LogP contribution is -2.39. The quantitative estimate of drug-likeness (QED) is 0.869. The molecule has 0 atom stereocenters. The fourth-order valence-corrected chi connectivity index (χ4v) is 2.14. The van der Waals surface area contributed by atoms with E-state index in [1.807, 2.05) is 45.9 Å². The minimum atomic E-state index is -0.879. The van der Waals surface area contributed by atoms with Crippen molar-refractivity contribution < 1.29 is 14.7 Å². The van der Waals surface area contributed by atoms with E-state index in [0.717, 1.165) is 16.7 Å². The maximum absolute atomic E-state index is 12.4. The summed E-state index contributed by atoms with van der Waals surface area (Å²) in [5, 5.41) is 8.76. The maximum atomic E-state index is 12.4. The largest absolute Gasteiger partial charge is 0.481 e. The van der Waals surface area contributed by atoms with Gasteiger partial charge in [0.1, 0.15) is 0 Å². The molecule has 1 rings (SSSR count). The first kappa shape index (κ1) is 16.2. The Bertz CT molecular complexity index is 494. The third kappa shape index (κ3) is 4.68. The molecular formula is C16H23NO3. The van der Waals surface area contributed by atoms with Gasteiger partial charge >= 0.3 is 5.97 Å². The summed E-state index contributed by atoms with van der Waals surface area (Å²) in [7, 11) is 0. The van der Waals surface area contributed by atoms with E-state index in [9.17, 15) is 9.59 Å². The van der Waals surface area contributed by atoms with Gasteiger partial charge in [-0.15, -0.1) is 0 Å². The fourth-order valence-electron chi connectivity index (χ4n) is 2.14. The van der Waals surface area contributed by atoms with Crippen LogP contribution in [0.4, 0.5) is 0 Å². The molecule has 1 aromatic rings. The van der Waals surface area contributed by atoms with Crippen LogP contribution in [0.15, 0.2) is 18.2 Å². The van der Waals surface area contributed by atoms with Crippen LogP contribution >= 0.6 is 0 Å². The summed E-state index contributed by atoms with van der Waals surface area (Å²) in [5.41, 5.74) is 3.22. The number of carbonyl (C=O) groups excluding carboxylic acids is 1. The molecule has 0 spiro atoms. The first-order valence-electron chi connectivity index (χ1n) is 6.88. The van der Waals surface area contributed by atoms with Gasteiger partial charge in [0.05, 0.1) is 12.8 Å². The molecule has 4 nitrogen and oxygen atoms in total.